The molecule has 0 saturated heterocycles. The van der Waals surface area contributed by atoms with E-state index in [1.54, 1.807) is 0 Å². The molecule has 4 nitrogen and oxygen atoms in total. The number of amides is 1. The molecule has 4 heteroatoms. The molecule has 4 unspecified atom stereocenters. The number of anilines is 1. The molecule has 2 bridgehead atoms. The first kappa shape index (κ1) is 13.1. The molecule has 1 aromatic rings. The van der Waals surface area contributed by atoms with Crippen molar-refractivity contribution in [1.29, 1.82) is 0 Å². The van der Waals surface area contributed by atoms with Crippen LogP contribution in [0.1, 0.15) is 43.8 Å². The Kier molecular flexibility index (Phi) is 3.14. The number of aliphatic hydroxyl groups is 1. The molecule has 4 atom stereocenters. The van der Waals surface area contributed by atoms with Gasteiger partial charge in [-0.2, -0.15) is 0 Å². The first-order valence-corrected chi connectivity index (χ1v) is 7.93. The van der Waals surface area contributed by atoms with Crippen LogP contribution in [-0.4, -0.2) is 17.6 Å². The van der Waals surface area contributed by atoms with Gasteiger partial charge in [0.1, 0.15) is 5.75 Å². The molecule has 0 radical (unpaired) electrons. The summed E-state index contributed by atoms with van der Waals surface area (Å²) >= 11 is 0. The average molecular weight is 287 g/mol. The van der Waals surface area contributed by atoms with Gasteiger partial charge in [-0.3, -0.25) is 4.79 Å². The monoisotopic (exact) mass is 287 g/mol. The summed E-state index contributed by atoms with van der Waals surface area (Å²) in [7, 11) is 0. The van der Waals surface area contributed by atoms with Crippen LogP contribution < -0.4 is 10.1 Å². The Bertz CT molecular complexity index is 571. The maximum atomic E-state index is 11.4. The van der Waals surface area contributed by atoms with Crippen molar-refractivity contribution in [2.45, 2.75) is 38.2 Å². The Morgan fingerprint density at radius 2 is 2.24 bits per heavy atom. The first-order valence-electron chi connectivity index (χ1n) is 7.93. The summed E-state index contributed by atoms with van der Waals surface area (Å²) in [5.74, 6) is 2.95. The Balaban J connectivity index is 1.48. The summed E-state index contributed by atoms with van der Waals surface area (Å²) in [4.78, 5) is 11.4. The molecule has 1 heterocycles. The Morgan fingerprint density at radius 3 is 3.00 bits per heavy atom. The average Bonchev–Trinajstić information content (AvgIpc) is 3.09. The molecule has 3 aliphatic rings. The van der Waals surface area contributed by atoms with Crippen molar-refractivity contribution in [3.05, 3.63) is 23.8 Å². The number of ether oxygens (including phenoxy) is 1. The molecule has 4 rings (SSSR count). The second kappa shape index (κ2) is 5.02. The molecule has 0 spiro atoms. The van der Waals surface area contributed by atoms with Crippen LogP contribution in [0.4, 0.5) is 5.69 Å². The van der Waals surface area contributed by atoms with E-state index in [2.05, 4.69) is 5.32 Å². The zero-order valence-electron chi connectivity index (χ0n) is 12.0. The van der Waals surface area contributed by atoms with Gasteiger partial charge in [0.2, 0.25) is 0 Å². The standard InChI is InChI=1S/C17H21NO3/c19-15(8-13-6-10-1-2-11(13)5-10)12-3-4-16-14(7-12)18-17(20)9-21-16/h3-4,7,10-11,13,15,19H,1-2,5-6,8-9H2,(H,18,20). The molecule has 2 aliphatic carbocycles. The summed E-state index contributed by atoms with van der Waals surface area (Å²) < 4.78 is 5.35. The number of carbonyl (C=O) groups excluding carboxylic acids is 1. The van der Waals surface area contributed by atoms with E-state index in [0.29, 0.717) is 17.4 Å². The quantitative estimate of drug-likeness (QED) is 0.898. The lowest BCUT2D eigenvalue weighted by atomic mass is 9.83. The minimum Gasteiger partial charge on any atom is -0.482 e. The van der Waals surface area contributed by atoms with Gasteiger partial charge in [0.15, 0.2) is 6.61 Å². The molecule has 1 aliphatic heterocycles. The number of hydrogen-bond acceptors (Lipinski definition) is 3. The third-order valence-corrected chi connectivity index (χ3v) is 5.43. The number of fused-ring (bicyclic) bond motifs is 3. The normalized spacial score (nSPS) is 31.5. The number of benzene rings is 1. The summed E-state index contributed by atoms with van der Waals surface area (Å²) in [5, 5.41) is 13.3. The summed E-state index contributed by atoms with van der Waals surface area (Å²) in [6.45, 7) is 0.0695. The maximum Gasteiger partial charge on any atom is 0.262 e. The van der Waals surface area contributed by atoms with Gasteiger partial charge in [0, 0.05) is 0 Å². The van der Waals surface area contributed by atoms with E-state index in [0.717, 1.165) is 23.8 Å². The highest BCUT2D eigenvalue weighted by Crippen LogP contribution is 2.51. The molecule has 0 aromatic heterocycles. The smallest absolute Gasteiger partial charge is 0.262 e. The van der Waals surface area contributed by atoms with E-state index in [9.17, 15) is 9.90 Å². The molecular formula is C17H21NO3. The number of nitrogens with one attached hydrogen (secondary N) is 1. The summed E-state index contributed by atoms with van der Waals surface area (Å²) in [6, 6.07) is 5.60. The van der Waals surface area contributed by atoms with E-state index < -0.39 is 6.10 Å². The fraction of sp³-hybridized carbons (Fsp3) is 0.588. The van der Waals surface area contributed by atoms with Gasteiger partial charge in [-0.15, -0.1) is 0 Å². The second-order valence-electron chi connectivity index (χ2n) is 6.78. The number of rotatable bonds is 3. The number of carbonyl (C=O) groups is 1. The second-order valence-corrected chi connectivity index (χ2v) is 6.78. The predicted octanol–water partition coefficient (Wildman–Crippen LogP) is 2.88. The SMILES string of the molecule is O=C1COc2ccc(C(O)CC3CC4CCC3C4)cc2N1. The van der Waals surface area contributed by atoms with Gasteiger partial charge < -0.3 is 15.2 Å². The van der Waals surface area contributed by atoms with E-state index in [-0.39, 0.29) is 12.5 Å². The van der Waals surface area contributed by atoms with Crippen molar-refractivity contribution in [2.75, 3.05) is 11.9 Å². The predicted molar refractivity (Wildman–Crippen MR) is 79.1 cm³/mol. The van der Waals surface area contributed by atoms with E-state index >= 15 is 0 Å². The Labute approximate surface area is 124 Å². The first-order chi connectivity index (χ1) is 10.2. The molecule has 112 valence electrons. The minimum absolute atomic E-state index is 0.0695. The fourth-order valence-corrected chi connectivity index (χ4v) is 4.40. The van der Waals surface area contributed by atoms with Crippen molar-refractivity contribution in [2.24, 2.45) is 17.8 Å². The summed E-state index contributed by atoms with van der Waals surface area (Å²) in [6.07, 6.45) is 5.78. The van der Waals surface area contributed by atoms with Gasteiger partial charge in [0.05, 0.1) is 11.8 Å². The Hall–Kier alpha value is -1.55. The van der Waals surface area contributed by atoms with Gasteiger partial charge in [-0.05, 0) is 61.1 Å². The van der Waals surface area contributed by atoms with E-state index in [1.807, 2.05) is 18.2 Å². The maximum absolute atomic E-state index is 11.4. The van der Waals surface area contributed by atoms with Crippen LogP contribution in [0.3, 0.4) is 0 Å². The molecule has 2 saturated carbocycles. The van der Waals surface area contributed by atoms with Crippen molar-refractivity contribution in [3.63, 3.8) is 0 Å². The lowest BCUT2D eigenvalue weighted by molar-refractivity contribution is -0.118. The van der Waals surface area contributed by atoms with Gasteiger partial charge in [-0.25, -0.2) is 0 Å². The number of aliphatic hydroxyl groups excluding tert-OH is 1. The van der Waals surface area contributed by atoms with E-state index in [4.69, 9.17) is 4.74 Å². The largest absolute Gasteiger partial charge is 0.482 e. The lowest BCUT2D eigenvalue weighted by Gasteiger charge is -2.25. The zero-order valence-corrected chi connectivity index (χ0v) is 12.0. The van der Waals surface area contributed by atoms with Crippen LogP contribution in [0.25, 0.3) is 0 Å². The third kappa shape index (κ3) is 2.42. The van der Waals surface area contributed by atoms with Crippen LogP contribution in [0.5, 0.6) is 5.75 Å². The molecule has 21 heavy (non-hydrogen) atoms. The van der Waals surface area contributed by atoms with Crippen LogP contribution in [0.15, 0.2) is 18.2 Å². The van der Waals surface area contributed by atoms with Crippen molar-refractivity contribution < 1.29 is 14.6 Å². The molecule has 1 amide bonds. The van der Waals surface area contributed by atoms with Crippen molar-refractivity contribution in [3.8, 4) is 5.75 Å². The van der Waals surface area contributed by atoms with Crippen LogP contribution >= 0.6 is 0 Å². The minimum atomic E-state index is -0.446. The van der Waals surface area contributed by atoms with Gasteiger partial charge >= 0.3 is 0 Å². The summed E-state index contributed by atoms with van der Waals surface area (Å²) in [5.41, 5.74) is 1.55. The van der Waals surface area contributed by atoms with E-state index in [1.165, 1.54) is 25.7 Å². The number of hydrogen-bond donors (Lipinski definition) is 2. The van der Waals surface area contributed by atoms with Crippen LogP contribution in [-0.2, 0) is 4.79 Å². The topological polar surface area (TPSA) is 58.6 Å². The fourth-order valence-electron chi connectivity index (χ4n) is 4.40. The third-order valence-electron chi connectivity index (χ3n) is 5.43. The molecule has 2 fully saturated rings. The zero-order chi connectivity index (χ0) is 14.4. The Morgan fingerprint density at radius 1 is 1.33 bits per heavy atom. The van der Waals surface area contributed by atoms with Gasteiger partial charge in [0.25, 0.3) is 5.91 Å². The highest BCUT2D eigenvalue weighted by molar-refractivity contribution is 5.95. The van der Waals surface area contributed by atoms with Crippen LogP contribution in [0, 0.1) is 17.8 Å². The highest BCUT2D eigenvalue weighted by Gasteiger charge is 2.40. The molecule has 2 N–H and O–H groups in total. The lowest BCUT2D eigenvalue weighted by Crippen LogP contribution is -2.25. The van der Waals surface area contributed by atoms with Crippen LogP contribution in [0.2, 0.25) is 0 Å². The highest BCUT2D eigenvalue weighted by atomic mass is 16.5. The molecular weight excluding hydrogens is 266 g/mol. The molecule has 1 aromatic carbocycles. The van der Waals surface area contributed by atoms with Crippen molar-refractivity contribution in [1.82, 2.24) is 0 Å². The van der Waals surface area contributed by atoms with Crippen molar-refractivity contribution >= 4 is 11.6 Å². The van der Waals surface area contributed by atoms with Gasteiger partial charge in [-0.1, -0.05) is 12.5 Å².